The minimum Gasteiger partial charge on any atom is -0.481 e. The van der Waals surface area contributed by atoms with Crippen LogP contribution in [0.15, 0.2) is 18.2 Å². The maximum Gasteiger partial charge on any atom is 0.213 e. The Morgan fingerprint density at radius 1 is 1.39 bits per heavy atom. The highest BCUT2D eigenvalue weighted by atomic mass is 32.2. The van der Waals surface area contributed by atoms with Crippen molar-refractivity contribution < 1.29 is 4.74 Å². The van der Waals surface area contributed by atoms with E-state index in [0.29, 0.717) is 11.9 Å². The molecule has 1 N–H and O–H groups in total. The standard InChI is InChI=1S/C14H22N2OS/c1-17-14-9-5-6-11(16-14)10-15-12-7-3-4-8-13(12)18-2/h5-6,9,12-13,15H,3-4,7-8,10H2,1-2H3. The predicted octanol–water partition coefficient (Wildman–Crippen LogP) is 2.85. The van der Waals surface area contributed by atoms with Gasteiger partial charge in [0.2, 0.25) is 5.88 Å². The lowest BCUT2D eigenvalue weighted by molar-refractivity contribution is 0.376. The van der Waals surface area contributed by atoms with Crippen molar-refractivity contribution in [2.45, 2.75) is 43.5 Å². The average molecular weight is 266 g/mol. The molecule has 0 radical (unpaired) electrons. The number of nitrogens with zero attached hydrogens (tertiary/aromatic N) is 1. The Labute approximate surface area is 114 Å². The third-order valence-corrected chi connectivity index (χ3v) is 4.71. The van der Waals surface area contributed by atoms with Gasteiger partial charge in [-0.15, -0.1) is 0 Å². The molecule has 2 unspecified atom stereocenters. The SMILES string of the molecule is COc1cccc(CNC2CCCCC2SC)n1. The van der Waals surface area contributed by atoms with E-state index in [1.165, 1.54) is 25.7 Å². The molecule has 0 saturated heterocycles. The van der Waals surface area contributed by atoms with Gasteiger partial charge in [-0.05, 0) is 25.2 Å². The fraction of sp³-hybridized carbons (Fsp3) is 0.643. The molecule has 0 aliphatic heterocycles. The molecular formula is C14H22N2OS. The number of methoxy groups -OCH3 is 1. The molecule has 3 nitrogen and oxygen atoms in total. The number of hydrogen-bond acceptors (Lipinski definition) is 4. The Morgan fingerprint density at radius 2 is 2.22 bits per heavy atom. The van der Waals surface area contributed by atoms with Gasteiger partial charge in [-0.2, -0.15) is 11.8 Å². The summed E-state index contributed by atoms with van der Waals surface area (Å²) in [5.74, 6) is 0.694. The van der Waals surface area contributed by atoms with Gasteiger partial charge in [-0.1, -0.05) is 18.9 Å². The van der Waals surface area contributed by atoms with Gasteiger partial charge in [0.25, 0.3) is 0 Å². The molecule has 1 aromatic heterocycles. The van der Waals surface area contributed by atoms with E-state index in [0.717, 1.165) is 17.5 Å². The van der Waals surface area contributed by atoms with Crippen molar-refractivity contribution in [2.24, 2.45) is 0 Å². The van der Waals surface area contributed by atoms with Crippen LogP contribution in [0.2, 0.25) is 0 Å². The molecule has 2 atom stereocenters. The average Bonchev–Trinajstić information content (AvgIpc) is 2.45. The van der Waals surface area contributed by atoms with E-state index in [2.05, 4.69) is 16.6 Å². The lowest BCUT2D eigenvalue weighted by Crippen LogP contribution is -2.40. The molecule has 0 bridgehead atoms. The zero-order valence-corrected chi connectivity index (χ0v) is 12.0. The summed E-state index contributed by atoms with van der Waals surface area (Å²) >= 11 is 1.99. The zero-order valence-electron chi connectivity index (χ0n) is 11.2. The molecular weight excluding hydrogens is 244 g/mol. The normalized spacial score (nSPS) is 23.9. The quantitative estimate of drug-likeness (QED) is 0.888. The molecule has 2 rings (SSSR count). The van der Waals surface area contributed by atoms with E-state index in [9.17, 15) is 0 Å². The van der Waals surface area contributed by atoms with Crippen LogP contribution in [0.3, 0.4) is 0 Å². The van der Waals surface area contributed by atoms with Gasteiger partial charge in [0.1, 0.15) is 0 Å². The summed E-state index contributed by atoms with van der Waals surface area (Å²) < 4.78 is 5.15. The smallest absolute Gasteiger partial charge is 0.213 e. The molecule has 1 fully saturated rings. The Kier molecular flexibility index (Phi) is 5.32. The first-order valence-corrected chi connectivity index (χ1v) is 7.88. The highest BCUT2D eigenvalue weighted by Crippen LogP contribution is 2.27. The minimum atomic E-state index is 0.627. The molecule has 1 saturated carbocycles. The van der Waals surface area contributed by atoms with E-state index in [-0.39, 0.29) is 0 Å². The van der Waals surface area contributed by atoms with Crippen LogP contribution in [0.4, 0.5) is 0 Å². The summed E-state index contributed by atoms with van der Waals surface area (Å²) in [5.41, 5.74) is 1.06. The Hall–Kier alpha value is -0.740. The number of ether oxygens (including phenoxy) is 1. The second-order valence-corrected chi connectivity index (χ2v) is 5.79. The van der Waals surface area contributed by atoms with Crippen LogP contribution in [0.1, 0.15) is 31.4 Å². The molecule has 100 valence electrons. The maximum atomic E-state index is 5.15. The van der Waals surface area contributed by atoms with Crippen molar-refractivity contribution in [1.82, 2.24) is 10.3 Å². The van der Waals surface area contributed by atoms with Gasteiger partial charge in [0.15, 0.2) is 0 Å². The lowest BCUT2D eigenvalue weighted by Gasteiger charge is -2.31. The summed E-state index contributed by atoms with van der Waals surface area (Å²) in [7, 11) is 1.66. The number of thioether (sulfide) groups is 1. The van der Waals surface area contributed by atoms with Crippen LogP contribution < -0.4 is 10.1 Å². The van der Waals surface area contributed by atoms with Crippen molar-refractivity contribution in [3.63, 3.8) is 0 Å². The topological polar surface area (TPSA) is 34.1 Å². The van der Waals surface area contributed by atoms with Gasteiger partial charge in [0, 0.05) is 23.9 Å². The Balaban J connectivity index is 1.89. The van der Waals surface area contributed by atoms with Gasteiger partial charge < -0.3 is 10.1 Å². The molecule has 18 heavy (non-hydrogen) atoms. The van der Waals surface area contributed by atoms with E-state index in [1.807, 2.05) is 30.0 Å². The monoisotopic (exact) mass is 266 g/mol. The Morgan fingerprint density at radius 3 is 3.00 bits per heavy atom. The molecule has 0 aromatic carbocycles. The van der Waals surface area contributed by atoms with Crippen LogP contribution in [-0.2, 0) is 6.54 Å². The van der Waals surface area contributed by atoms with Crippen molar-refractivity contribution in [3.05, 3.63) is 23.9 Å². The van der Waals surface area contributed by atoms with E-state index >= 15 is 0 Å². The number of pyridine rings is 1. The largest absolute Gasteiger partial charge is 0.481 e. The van der Waals surface area contributed by atoms with Crippen molar-refractivity contribution in [1.29, 1.82) is 0 Å². The van der Waals surface area contributed by atoms with Gasteiger partial charge >= 0.3 is 0 Å². The van der Waals surface area contributed by atoms with Crippen LogP contribution in [0.5, 0.6) is 5.88 Å². The molecule has 0 amide bonds. The minimum absolute atomic E-state index is 0.627. The Bertz CT molecular complexity index is 373. The van der Waals surface area contributed by atoms with Crippen LogP contribution in [-0.4, -0.2) is 29.6 Å². The summed E-state index contributed by atoms with van der Waals surface area (Å²) in [6.07, 6.45) is 7.57. The number of hydrogen-bond donors (Lipinski definition) is 1. The molecule has 0 spiro atoms. The van der Waals surface area contributed by atoms with Crippen molar-refractivity contribution in [2.75, 3.05) is 13.4 Å². The molecule has 1 aromatic rings. The van der Waals surface area contributed by atoms with Crippen LogP contribution in [0.25, 0.3) is 0 Å². The second-order valence-electron chi connectivity index (χ2n) is 4.72. The first-order chi connectivity index (χ1) is 8.83. The summed E-state index contributed by atoms with van der Waals surface area (Å²) in [5, 5.41) is 4.41. The number of aromatic nitrogens is 1. The van der Waals surface area contributed by atoms with Crippen molar-refractivity contribution >= 4 is 11.8 Å². The lowest BCUT2D eigenvalue weighted by atomic mass is 9.95. The fourth-order valence-electron chi connectivity index (χ4n) is 2.52. The molecule has 1 aliphatic rings. The van der Waals surface area contributed by atoms with Gasteiger partial charge in [-0.3, -0.25) is 0 Å². The molecule has 1 heterocycles. The van der Waals surface area contributed by atoms with Crippen LogP contribution in [0, 0.1) is 0 Å². The highest BCUT2D eigenvalue weighted by Gasteiger charge is 2.23. The maximum absolute atomic E-state index is 5.15. The summed E-state index contributed by atoms with van der Waals surface area (Å²) in [6.45, 7) is 0.832. The summed E-state index contributed by atoms with van der Waals surface area (Å²) in [6, 6.07) is 6.55. The van der Waals surface area contributed by atoms with Crippen molar-refractivity contribution in [3.8, 4) is 5.88 Å². The second kappa shape index (κ2) is 7.00. The first-order valence-electron chi connectivity index (χ1n) is 6.59. The third-order valence-electron chi connectivity index (χ3n) is 3.54. The molecule has 1 aliphatic carbocycles. The molecule has 4 heteroatoms. The van der Waals surface area contributed by atoms with E-state index in [1.54, 1.807) is 7.11 Å². The summed E-state index contributed by atoms with van der Waals surface area (Å²) in [4.78, 5) is 4.43. The van der Waals surface area contributed by atoms with E-state index < -0.39 is 0 Å². The van der Waals surface area contributed by atoms with Crippen LogP contribution >= 0.6 is 11.8 Å². The fourth-order valence-corrected chi connectivity index (χ4v) is 3.48. The van der Waals surface area contributed by atoms with Gasteiger partial charge in [-0.25, -0.2) is 4.98 Å². The predicted molar refractivity (Wildman–Crippen MR) is 77.2 cm³/mol. The highest BCUT2D eigenvalue weighted by molar-refractivity contribution is 7.99. The first kappa shape index (κ1) is 13.7. The number of nitrogens with one attached hydrogen (secondary N) is 1. The van der Waals surface area contributed by atoms with Gasteiger partial charge in [0.05, 0.1) is 12.8 Å². The van der Waals surface area contributed by atoms with E-state index in [4.69, 9.17) is 4.74 Å². The number of rotatable bonds is 5. The third kappa shape index (κ3) is 3.62. The zero-order chi connectivity index (χ0) is 12.8.